The number of nitrogens with zero attached hydrogens (tertiary/aromatic N) is 3. The molecule has 0 aromatic heterocycles. The number of sulfonamides is 1. The number of hydrogen-bond donors (Lipinski definition) is 4. The third-order valence-corrected chi connectivity index (χ3v) is 12.2. The van der Waals surface area contributed by atoms with E-state index in [0.717, 1.165) is 41.0 Å². The van der Waals surface area contributed by atoms with Crippen molar-refractivity contribution in [1.82, 2.24) is 30.1 Å². The lowest BCUT2D eigenvalue weighted by Crippen LogP contribution is -2.62. The Bertz CT molecular complexity index is 1740. The van der Waals surface area contributed by atoms with Gasteiger partial charge in [0, 0.05) is 39.1 Å². The van der Waals surface area contributed by atoms with Crippen molar-refractivity contribution in [2.24, 2.45) is 22.5 Å². The molecule has 55 heavy (non-hydrogen) atoms. The Labute approximate surface area is 324 Å². The number of fused-ring (bicyclic) bond motifs is 1. The second-order valence-corrected chi connectivity index (χ2v) is 19.5. The van der Waals surface area contributed by atoms with E-state index in [1.165, 1.54) is 11.9 Å². The fraction of sp³-hybridized carbons (Fsp3) is 0.684. The zero-order valence-electron chi connectivity index (χ0n) is 33.3. The molecular formula is C38H59N7O9S. The molecular weight excluding hydrogens is 731 g/mol. The van der Waals surface area contributed by atoms with E-state index in [1.807, 2.05) is 45.0 Å². The Balaban J connectivity index is 1.58. The van der Waals surface area contributed by atoms with Gasteiger partial charge in [0.2, 0.25) is 27.6 Å². The Hall–Kier alpha value is -4.25. The van der Waals surface area contributed by atoms with Gasteiger partial charge in [-0.1, -0.05) is 85.1 Å². The van der Waals surface area contributed by atoms with Gasteiger partial charge in [-0.05, 0) is 40.7 Å². The van der Waals surface area contributed by atoms with Gasteiger partial charge in [-0.25, -0.2) is 22.3 Å². The van der Waals surface area contributed by atoms with Crippen LogP contribution in [0, 0.1) is 16.7 Å². The van der Waals surface area contributed by atoms with Gasteiger partial charge in [0.05, 0.1) is 18.8 Å². The summed E-state index contributed by atoms with van der Waals surface area (Å²) in [4.78, 5) is 83.4. The van der Waals surface area contributed by atoms with Crippen LogP contribution in [0.5, 0.6) is 0 Å². The van der Waals surface area contributed by atoms with Crippen molar-refractivity contribution in [3.63, 3.8) is 0 Å². The number of rotatable bonds is 13. The molecule has 2 heterocycles. The van der Waals surface area contributed by atoms with Crippen LogP contribution in [0.15, 0.2) is 24.3 Å². The maximum absolute atomic E-state index is 14.6. The zero-order chi connectivity index (χ0) is 41.0. The van der Waals surface area contributed by atoms with Gasteiger partial charge in [-0.2, -0.15) is 0 Å². The molecule has 1 saturated carbocycles. The van der Waals surface area contributed by atoms with E-state index in [2.05, 4.69) is 16.0 Å². The van der Waals surface area contributed by atoms with Crippen molar-refractivity contribution in [2.75, 3.05) is 32.9 Å². The number of carbonyl (C=O) groups is 6. The van der Waals surface area contributed by atoms with Crippen molar-refractivity contribution < 1.29 is 41.9 Å². The minimum atomic E-state index is -3.56. The van der Waals surface area contributed by atoms with Gasteiger partial charge in [0.15, 0.2) is 0 Å². The average Bonchev–Trinajstić information content (AvgIpc) is 3.49. The maximum atomic E-state index is 14.6. The Morgan fingerprint density at radius 3 is 2.15 bits per heavy atom. The van der Waals surface area contributed by atoms with Gasteiger partial charge in [0.25, 0.3) is 5.91 Å². The van der Waals surface area contributed by atoms with Gasteiger partial charge >= 0.3 is 12.1 Å². The predicted octanol–water partition coefficient (Wildman–Crippen LogP) is 1.90. The number of amides is 6. The topological polar surface area (TPSA) is 218 Å². The Morgan fingerprint density at radius 1 is 0.964 bits per heavy atom. The molecule has 6 amide bonds. The zero-order valence-corrected chi connectivity index (χ0v) is 34.2. The van der Waals surface area contributed by atoms with E-state index < -0.39 is 86.8 Å². The highest BCUT2D eigenvalue weighted by Crippen LogP contribution is 2.32. The van der Waals surface area contributed by atoms with Crippen molar-refractivity contribution in [3.8, 4) is 0 Å². The number of hydrogen-bond acceptors (Lipinski definition) is 9. The molecule has 16 nitrogen and oxygen atoms in total. The van der Waals surface area contributed by atoms with E-state index in [0.29, 0.717) is 19.5 Å². The second-order valence-electron chi connectivity index (χ2n) is 17.4. The molecule has 5 atom stereocenters. The first-order valence-corrected chi connectivity index (χ1v) is 20.8. The van der Waals surface area contributed by atoms with Gasteiger partial charge in [-0.3, -0.25) is 19.2 Å². The summed E-state index contributed by atoms with van der Waals surface area (Å²) in [5, 5.41) is 8.28. The molecule has 2 fully saturated rings. The monoisotopic (exact) mass is 789 g/mol. The quantitative estimate of drug-likeness (QED) is 0.214. The number of primary amides is 1. The third-order valence-electron chi connectivity index (χ3n) is 10.9. The Kier molecular flexibility index (Phi) is 13.6. The van der Waals surface area contributed by atoms with Crippen LogP contribution in [-0.4, -0.2) is 121 Å². The van der Waals surface area contributed by atoms with Crippen molar-refractivity contribution in [1.29, 1.82) is 0 Å². The number of benzene rings is 1. The van der Waals surface area contributed by atoms with E-state index >= 15 is 0 Å². The summed E-state index contributed by atoms with van der Waals surface area (Å²) in [7, 11) is -2.15. The highest BCUT2D eigenvalue weighted by molar-refractivity contribution is 7.88. The number of Topliss-reactive ketones (excluding diaryl/α,β-unsaturated/α-hetero) is 1. The van der Waals surface area contributed by atoms with Crippen LogP contribution in [-0.2, 0) is 46.9 Å². The molecule has 5 N–H and O–H groups in total. The van der Waals surface area contributed by atoms with Crippen LogP contribution < -0.4 is 21.7 Å². The molecule has 1 aromatic rings. The largest absolute Gasteiger partial charge is 0.444 e. The molecule has 1 aliphatic carbocycles. The summed E-state index contributed by atoms with van der Waals surface area (Å²) in [5.74, 6) is -3.35. The first kappa shape index (κ1) is 43.5. The summed E-state index contributed by atoms with van der Waals surface area (Å²) in [5.41, 5.74) is 6.01. The van der Waals surface area contributed by atoms with Crippen molar-refractivity contribution in [3.05, 3.63) is 35.4 Å². The summed E-state index contributed by atoms with van der Waals surface area (Å²) >= 11 is 0. The molecule has 2 unspecified atom stereocenters. The fourth-order valence-electron chi connectivity index (χ4n) is 7.05. The number of urea groups is 1. The standard InChI is InChI=1S/C38H59N7O9S/c1-37(2,3)29(22-43(7)55(8,52)53)41-35(50)42-31(38(4,5)6)34(49)45-21-26(54-36(51)44-17-16-24-14-9-10-15-25(24)20-44)19-28(45)33(48)40-27(30(46)32(39)47)18-23-12-11-13-23/h9-10,14-15,23,26-29,31H,11-13,16-22H2,1-8H3,(H2,39,47)(H,40,48)(H2,41,42,50)/t26-,27?,28+,29-,31?/m1/s1. The molecule has 17 heteroatoms. The van der Waals surface area contributed by atoms with E-state index in [9.17, 15) is 37.2 Å². The maximum Gasteiger partial charge on any atom is 0.410 e. The van der Waals surface area contributed by atoms with Crippen LogP contribution in [0.3, 0.4) is 0 Å². The van der Waals surface area contributed by atoms with Crippen molar-refractivity contribution in [2.45, 2.75) is 117 Å². The normalized spacial score (nSPS) is 20.7. The summed E-state index contributed by atoms with van der Waals surface area (Å²) in [6.07, 6.45) is 2.98. The summed E-state index contributed by atoms with van der Waals surface area (Å²) in [6, 6.07) is 2.80. The number of likely N-dealkylation sites (tertiary alicyclic amines) is 1. The van der Waals surface area contributed by atoms with Crippen LogP contribution in [0.4, 0.5) is 9.59 Å². The van der Waals surface area contributed by atoms with Crippen molar-refractivity contribution >= 4 is 45.7 Å². The first-order valence-electron chi connectivity index (χ1n) is 18.9. The smallest absolute Gasteiger partial charge is 0.410 e. The number of ketones is 1. The fourth-order valence-corrected chi connectivity index (χ4v) is 7.47. The molecule has 2 aliphatic heterocycles. The highest BCUT2D eigenvalue weighted by atomic mass is 32.2. The average molecular weight is 790 g/mol. The van der Waals surface area contributed by atoms with Gasteiger partial charge < -0.3 is 36.2 Å². The van der Waals surface area contributed by atoms with E-state index in [1.54, 1.807) is 25.7 Å². The SMILES string of the molecule is CN(C[C@@H](NC(=O)NC(C(=O)N1C[C@H](OC(=O)N2CCc3ccccc3C2)C[C@H]1C(=O)NC(CC1CCC1)C(=O)C(N)=O)C(C)(C)C)C(C)(C)C)S(C)(=O)=O. The van der Waals surface area contributed by atoms with E-state index in [-0.39, 0.29) is 31.8 Å². The molecule has 1 aromatic carbocycles. The van der Waals surface area contributed by atoms with Gasteiger partial charge in [0.1, 0.15) is 18.2 Å². The molecule has 1 saturated heterocycles. The minimum absolute atomic E-state index is 0.0278. The lowest BCUT2D eigenvalue weighted by atomic mass is 9.80. The first-order chi connectivity index (χ1) is 25.4. The number of carbonyl (C=O) groups excluding carboxylic acids is 6. The minimum Gasteiger partial charge on any atom is -0.444 e. The van der Waals surface area contributed by atoms with E-state index in [4.69, 9.17) is 10.5 Å². The highest BCUT2D eigenvalue weighted by Gasteiger charge is 2.47. The van der Waals surface area contributed by atoms with Crippen LogP contribution in [0.25, 0.3) is 0 Å². The lowest BCUT2D eigenvalue weighted by Gasteiger charge is -2.37. The predicted molar refractivity (Wildman–Crippen MR) is 205 cm³/mol. The number of nitrogens with two attached hydrogens (primary N) is 1. The number of ether oxygens (including phenoxy) is 1. The summed E-state index contributed by atoms with van der Waals surface area (Å²) in [6.45, 7) is 11.3. The lowest BCUT2D eigenvalue weighted by molar-refractivity contribution is -0.143. The number of nitrogens with one attached hydrogen (secondary N) is 3. The molecule has 0 spiro atoms. The molecule has 3 aliphatic rings. The molecule has 306 valence electrons. The third kappa shape index (κ3) is 11.4. The van der Waals surface area contributed by atoms with Gasteiger partial charge in [-0.15, -0.1) is 0 Å². The molecule has 4 rings (SSSR count). The summed E-state index contributed by atoms with van der Waals surface area (Å²) < 4.78 is 31.4. The molecule has 0 bridgehead atoms. The van der Waals surface area contributed by atoms with Crippen LogP contribution >= 0.6 is 0 Å². The number of likely N-dealkylation sites (N-methyl/N-ethyl adjacent to an activating group) is 1. The molecule has 0 radical (unpaired) electrons. The second kappa shape index (κ2) is 17.3. The van der Waals surface area contributed by atoms with Crippen LogP contribution in [0.1, 0.15) is 84.8 Å². The van der Waals surface area contributed by atoms with Crippen LogP contribution in [0.2, 0.25) is 0 Å². The Morgan fingerprint density at radius 2 is 1.60 bits per heavy atom.